The molecule has 3 nitrogen and oxygen atoms in total. The fraction of sp³-hybridized carbons (Fsp3) is 1.00. The Labute approximate surface area is 131 Å². The van der Waals surface area contributed by atoms with E-state index in [1.807, 2.05) is 0 Å². The van der Waals surface area contributed by atoms with Gasteiger partial charge in [0.05, 0.1) is 12.7 Å². The summed E-state index contributed by atoms with van der Waals surface area (Å²) in [4.78, 5) is 0. The van der Waals surface area contributed by atoms with E-state index < -0.39 is 40.0 Å². The van der Waals surface area contributed by atoms with Crippen molar-refractivity contribution in [2.24, 2.45) is 0 Å². The van der Waals surface area contributed by atoms with Crippen molar-refractivity contribution in [1.82, 2.24) is 0 Å². The van der Waals surface area contributed by atoms with Gasteiger partial charge in [-0.3, -0.25) is 4.39 Å². The molecule has 0 radical (unpaired) electrons. The van der Waals surface area contributed by atoms with E-state index in [0.29, 0.717) is 0 Å². The molecule has 0 aromatic rings. The van der Waals surface area contributed by atoms with Crippen LogP contribution < -0.4 is 0 Å². The molecule has 0 N–H and O–H groups in total. The van der Waals surface area contributed by atoms with Gasteiger partial charge >= 0.3 is 8.80 Å². The van der Waals surface area contributed by atoms with Crippen molar-refractivity contribution < 1.29 is 30.8 Å². The minimum absolute atomic E-state index is 0.152. The van der Waals surface area contributed by atoms with Gasteiger partial charge in [-0.15, -0.1) is 0 Å². The number of hydrogen-bond acceptors (Lipinski definition) is 3. The molecule has 0 fully saturated rings. The molecule has 0 saturated heterocycles. The minimum atomic E-state index is -3.35. The molecule has 134 valence electrons. The molecular weight excluding hydrogens is 320 g/mol. The molecule has 0 heterocycles. The van der Waals surface area contributed by atoms with Crippen molar-refractivity contribution in [3.63, 3.8) is 0 Å². The Hall–Kier alpha value is -0.183. The van der Waals surface area contributed by atoms with Crippen LogP contribution in [0.25, 0.3) is 0 Å². The second kappa shape index (κ2) is 12.3. The molecular formula is C14H28F4O3Si. The Balaban J connectivity index is 4.66. The predicted octanol–water partition coefficient (Wildman–Crippen LogP) is 4.19. The summed E-state index contributed by atoms with van der Waals surface area (Å²) in [5, 5.41) is 0. The van der Waals surface area contributed by atoms with Crippen LogP contribution in [-0.2, 0) is 13.3 Å². The molecule has 3 unspecified atom stereocenters. The van der Waals surface area contributed by atoms with Crippen molar-refractivity contribution in [2.75, 3.05) is 26.5 Å². The highest BCUT2D eigenvalue weighted by atomic mass is 28.4. The zero-order valence-corrected chi connectivity index (χ0v) is 14.6. The minimum Gasteiger partial charge on any atom is -0.374 e. The lowest BCUT2D eigenvalue weighted by Crippen LogP contribution is -2.49. The van der Waals surface area contributed by atoms with E-state index >= 15 is 0 Å². The molecule has 0 aromatic heterocycles. The maximum absolute atomic E-state index is 14.1. The third-order valence-electron chi connectivity index (χ3n) is 3.09. The Bertz CT molecular complexity index is 257. The lowest BCUT2D eigenvalue weighted by molar-refractivity contribution is 0.0412. The highest BCUT2D eigenvalue weighted by Gasteiger charge is 2.46. The molecule has 0 aliphatic carbocycles. The van der Waals surface area contributed by atoms with Gasteiger partial charge in [0.1, 0.15) is 12.3 Å². The molecule has 8 heteroatoms. The van der Waals surface area contributed by atoms with E-state index in [1.54, 1.807) is 20.8 Å². The van der Waals surface area contributed by atoms with Crippen molar-refractivity contribution in [2.45, 2.75) is 64.6 Å². The molecule has 22 heavy (non-hydrogen) atoms. The topological polar surface area (TPSA) is 27.7 Å². The Morgan fingerprint density at radius 1 is 0.818 bits per heavy atom. The largest absolute Gasteiger partial charge is 0.504 e. The van der Waals surface area contributed by atoms with Gasteiger partial charge in [0.25, 0.3) is 0 Å². The van der Waals surface area contributed by atoms with E-state index in [0.717, 1.165) is 0 Å². The van der Waals surface area contributed by atoms with Crippen molar-refractivity contribution in [3.05, 3.63) is 0 Å². The van der Waals surface area contributed by atoms with Gasteiger partial charge < -0.3 is 13.3 Å². The molecule has 0 bridgehead atoms. The summed E-state index contributed by atoms with van der Waals surface area (Å²) in [5.74, 6) is 0. The van der Waals surface area contributed by atoms with Gasteiger partial charge in [-0.25, -0.2) is 13.2 Å². The van der Waals surface area contributed by atoms with Crippen LogP contribution in [0.3, 0.4) is 0 Å². The summed E-state index contributed by atoms with van der Waals surface area (Å²) in [5.41, 5.74) is 0. The van der Waals surface area contributed by atoms with E-state index in [9.17, 15) is 17.6 Å². The third-order valence-corrected chi connectivity index (χ3v) is 6.17. The number of halogens is 4. The normalized spacial score (nSPS) is 16.5. The highest BCUT2D eigenvalue weighted by molar-refractivity contribution is 6.60. The summed E-state index contributed by atoms with van der Waals surface area (Å²) in [6.07, 6.45) is -6.17. The van der Waals surface area contributed by atoms with Gasteiger partial charge in [-0.1, -0.05) is 0 Å². The predicted molar refractivity (Wildman–Crippen MR) is 80.0 cm³/mol. The first kappa shape index (κ1) is 21.8. The van der Waals surface area contributed by atoms with E-state index in [-0.39, 0.29) is 39.1 Å². The van der Waals surface area contributed by atoms with Crippen molar-refractivity contribution >= 4 is 8.80 Å². The second-order valence-electron chi connectivity index (χ2n) is 4.85. The second-order valence-corrected chi connectivity index (χ2v) is 7.49. The summed E-state index contributed by atoms with van der Waals surface area (Å²) in [7, 11) is -3.35. The number of unbranched alkanes of at least 4 members (excludes halogenated alkanes) is 1. The fourth-order valence-corrected chi connectivity index (χ4v) is 4.76. The standard InChI is InChI=1S/C14H28F4O3Si/c1-4-19-22(20-5-2,21-6-3)11-13(17)14(18)12(16)9-7-8-10-15/h12-14H,4-11H2,1-3H3. The molecule has 0 aliphatic heterocycles. The monoisotopic (exact) mass is 348 g/mol. The van der Waals surface area contributed by atoms with Gasteiger partial charge in [0.15, 0.2) is 6.17 Å². The maximum atomic E-state index is 14.1. The first-order valence-corrected chi connectivity index (χ1v) is 9.79. The zero-order chi connectivity index (χ0) is 17.0. The van der Waals surface area contributed by atoms with Crippen LogP contribution in [0.2, 0.25) is 6.04 Å². The fourth-order valence-electron chi connectivity index (χ4n) is 2.13. The molecule has 0 spiro atoms. The van der Waals surface area contributed by atoms with Crippen LogP contribution in [0.4, 0.5) is 17.6 Å². The smallest absolute Gasteiger partial charge is 0.374 e. The van der Waals surface area contributed by atoms with Gasteiger partial charge in [-0.05, 0) is 40.0 Å². The van der Waals surface area contributed by atoms with Crippen LogP contribution in [0.15, 0.2) is 0 Å². The SMILES string of the molecule is CCO[Si](CC(F)C(F)C(F)CCCCF)(OCC)OCC. The molecule has 0 saturated carbocycles. The lowest BCUT2D eigenvalue weighted by atomic mass is 10.1. The Morgan fingerprint density at radius 3 is 1.73 bits per heavy atom. The van der Waals surface area contributed by atoms with E-state index in [4.69, 9.17) is 13.3 Å². The van der Waals surface area contributed by atoms with Crippen LogP contribution in [0.1, 0.15) is 40.0 Å². The van der Waals surface area contributed by atoms with Gasteiger partial charge in [0.2, 0.25) is 0 Å². The Morgan fingerprint density at radius 2 is 1.32 bits per heavy atom. The van der Waals surface area contributed by atoms with E-state index in [1.165, 1.54) is 0 Å². The number of rotatable bonds is 14. The summed E-state index contributed by atoms with van der Waals surface area (Å²) in [6, 6.07) is -0.423. The van der Waals surface area contributed by atoms with Crippen molar-refractivity contribution in [1.29, 1.82) is 0 Å². The molecule has 3 atom stereocenters. The quantitative estimate of drug-likeness (QED) is 0.268. The first-order chi connectivity index (χ1) is 10.5. The summed E-state index contributed by atoms with van der Waals surface area (Å²) >= 11 is 0. The average molecular weight is 348 g/mol. The van der Waals surface area contributed by atoms with E-state index in [2.05, 4.69) is 0 Å². The number of alkyl halides is 4. The molecule has 0 aliphatic rings. The molecule has 0 amide bonds. The van der Waals surface area contributed by atoms with Gasteiger partial charge in [0, 0.05) is 19.8 Å². The maximum Gasteiger partial charge on any atom is 0.504 e. The molecule has 0 rings (SSSR count). The highest BCUT2D eigenvalue weighted by Crippen LogP contribution is 2.26. The van der Waals surface area contributed by atoms with Crippen molar-refractivity contribution in [3.8, 4) is 0 Å². The molecule has 0 aromatic carbocycles. The lowest BCUT2D eigenvalue weighted by Gasteiger charge is -2.30. The summed E-state index contributed by atoms with van der Waals surface area (Å²) < 4.78 is 69.9. The van der Waals surface area contributed by atoms with Crippen LogP contribution in [0.5, 0.6) is 0 Å². The van der Waals surface area contributed by atoms with Crippen LogP contribution >= 0.6 is 0 Å². The van der Waals surface area contributed by atoms with Crippen LogP contribution in [-0.4, -0.2) is 53.8 Å². The Kier molecular flexibility index (Phi) is 12.2. The number of hydrogen-bond donors (Lipinski definition) is 0. The van der Waals surface area contributed by atoms with Gasteiger partial charge in [-0.2, -0.15) is 0 Å². The average Bonchev–Trinajstić information content (AvgIpc) is 2.47. The zero-order valence-electron chi connectivity index (χ0n) is 13.6. The van der Waals surface area contributed by atoms with Crippen LogP contribution in [0, 0.1) is 0 Å². The third kappa shape index (κ3) is 7.89. The first-order valence-electron chi connectivity index (χ1n) is 7.86. The summed E-state index contributed by atoms with van der Waals surface area (Å²) in [6.45, 7) is 5.25.